The number of Topliss-reactive ketones (excluding diaryl/α,β-unsaturated/α-hetero) is 1. The second kappa shape index (κ2) is 5.82. The van der Waals surface area contributed by atoms with Crippen molar-refractivity contribution in [3.8, 4) is 16.9 Å². The molecule has 0 spiro atoms. The first kappa shape index (κ1) is 14.5. The van der Waals surface area contributed by atoms with Gasteiger partial charge in [0.1, 0.15) is 5.75 Å². The van der Waals surface area contributed by atoms with Gasteiger partial charge in [0.25, 0.3) is 0 Å². The molecule has 0 aromatic heterocycles. The molecule has 3 heteroatoms. The minimum Gasteiger partial charge on any atom is -0.493 e. The molecule has 2 aliphatic rings. The Kier molecular flexibility index (Phi) is 3.66. The van der Waals surface area contributed by atoms with Crippen LogP contribution in [0.4, 0.5) is 0 Å². The number of ketones is 1. The summed E-state index contributed by atoms with van der Waals surface area (Å²) in [6.07, 6.45) is 1.10. The van der Waals surface area contributed by atoms with Crippen molar-refractivity contribution < 1.29 is 9.53 Å². The maximum Gasteiger partial charge on any atom is 0.159 e. The van der Waals surface area contributed by atoms with Gasteiger partial charge in [-0.05, 0) is 43.0 Å². The highest BCUT2D eigenvalue weighted by Gasteiger charge is 2.33. The summed E-state index contributed by atoms with van der Waals surface area (Å²) in [7, 11) is 0. The number of hydrogen-bond donors (Lipinski definition) is 1. The Balaban J connectivity index is 1.83. The maximum atomic E-state index is 11.7. The highest BCUT2D eigenvalue weighted by molar-refractivity contribution is 5.95. The lowest BCUT2D eigenvalue weighted by Gasteiger charge is -2.18. The predicted octanol–water partition coefficient (Wildman–Crippen LogP) is 3.64. The quantitative estimate of drug-likeness (QED) is 0.861. The van der Waals surface area contributed by atoms with Crippen molar-refractivity contribution in [3.63, 3.8) is 0 Å². The number of fused-ring (bicyclic) bond motifs is 3. The lowest BCUT2D eigenvalue weighted by atomic mass is 9.85. The second-order valence-corrected chi connectivity index (χ2v) is 6.52. The molecule has 0 aliphatic carbocycles. The highest BCUT2D eigenvalue weighted by atomic mass is 16.5. The third-order valence-corrected chi connectivity index (χ3v) is 5.10. The zero-order chi connectivity index (χ0) is 15.8. The van der Waals surface area contributed by atoms with Crippen LogP contribution < -0.4 is 10.1 Å². The average Bonchev–Trinajstić information content (AvgIpc) is 2.96. The van der Waals surface area contributed by atoms with Crippen LogP contribution in [-0.2, 0) is 0 Å². The summed E-state index contributed by atoms with van der Waals surface area (Å²) in [6, 6.07) is 14.2. The van der Waals surface area contributed by atoms with E-state index in [1.54, 1.807) is 6.92 Å². The topological polar surface area (TPSA) is 38.3 Å². The van der Waals surface area contributed by atoms with Gasteiger partial charge in [-0.2, -0.15) is 0 Å². The summed E-state index contributed by atoms with van der Waals surface area (Å²) in [5.41, 5.74) is 4.20. The van der Waals surface area contributed by atoms with Gasteiger partial charge in [-0.1, -0.05) is 36.4 Å². The first-order chi connectivity index (χ1) is 11.2. The fourth-order valence-corrected chi connectivity index (χ4v) is 3.85. The number of benzene rings is 2. The Morgan fingerprint density at radius 3 is 2.91 bits per heavy atom. The molecule has 2 aromatic rings. The SMILES string of the molecule is CC(=O)c1cccc(-c2cccc3c2OCC[C@@H]2CNC[C@@H]32)c1. The number of nitrogens with one attached hydrogen (secondary N) is 1. The Morgan fingerprint density at radius 2 is 2.04 bits per heavy atom. The van der Waals surface area contributed by atoms with Crippen LogP contribution in [0.2, 0.25) is 0 Å². The van der Waals surface area contributed by atoms with Crippen LogP contribution in [0.5, 0.6) is 5.75 Å². The van der Waals surface area contributed by atoms with E-state index < -0.39 is 0 Å². The zero-order valence-electron chi connectivity index (χ0n) is 13.3. The van der Waals surface area contributed by atoms with Gasteiger partial charge < -0.3 is 10.1 Å². The monoisotopic (exact) mass is 307 g/mol. The molecule has 2 heterocycles. The second-order valence-electron chi connectivity index (χ2n) is 6.52. The fourth-order valence-electron chi connectivity index (χ4n) is 3.85. The van der Waals surface area contributed by atoms with Crippen molar-refractivity contribution in [1.29, 1.82) is 0 Å². The number of hydrogen-bond acceptors (Lipinski definition) is 3. The van der Waals surface area contributed by atoms with Crippen molar-refractivity contribution in [3.05, 3.63) is 53.6 Å². The third kappa shape index (κ3) is 2.55. The lowest BCUT2D eigenvalue weighted by Crippen LogP contribution is -2.11. The van der Waals surface area contributed by atoms with Crippen LogP contribution in [0, 0.1) is 5.92 Å². The zero-order valence-corrected chi connectivity index (χ0v) is 13.3. The van der Waals surface area contributed by atoms with Crippen molar-refractivity contribution in [2.75, 3.05) is 19.7 Å². The van der Waals surface area contributed by atoms with Gasteiger partial charge in [-0.25, -0.2) is 0 Å². The Bertz CT molecular complexity index is 753. The van der Waals surface area contributed by atoms with Crippen molar-refractivity contribution in [1.82, 2.24) is 5.32 Å². The van der Waals surface area contributed by atoms with Crippen LogP contribution >= 0.6 is 0 Å². The van der Waals surface area contributed by atoms with Crippen LogP contribution in [0.25, 0.3) is 11.1 Å². The van der Waals surface area contributed by atoms with Crippen molar-refractivity contribution in [2.45, 2.75) is 19.3 Å². The smallest absolute Gasteiger partial charge is 0.159 e. The summed E-state index contributed by atoms with van der Waals surface area (Å²) in [4.78, 5) is 11.7. The van der Waals surface area contributed by atoms with Crippen LogP contribution in [0.1, 0.15) is 35.2 Å². The molecule has 2 atom stereocenters. The Morgan fingerprint density at radius 1 is 1.17 bits per heavy atom. The normalized spacial score (nSPS) is 22.7. The number of carbonyl (C=O) groups excluding carboxylic acids is 1. The van der Waals surface area contributed by atoms with E-state index in [0.717, 1.165) is 48.6 Å². The van der Waals surface area contributed by atoms with Gasteiger partial charge in [-0.15, -0.1) is 0 Å². The molecule has 0 radical (unpaired) electrons. The van der Waals surface area contributed by atoms with Gasteiger partial charge in [0.2, 0.25) is 0 Å². The highest BCUT2D eigenvalue weighted by Crippen LogP contribution is 2.43. The molecule has 4 rings (SSSR count). The van der Waals surface area contributed by atoms with Gasteiger partial charge in [0, 0.05) is 23.6 Å². The van der Waals surface area contributed by atoms with Crippen molar-refractivity contribution >= 4 is 5.78 Å². The van der Waals surface area contributed by atoms with E-state index in [9.17, 15) is 4.79 Å². The van der Waals surface area contributed by atoms with Gasteiger partial charge in [0.15, 0.2) is 5.78 Å². The fraction of sp³-hybridized carbons (Fsp3) is 0.350. The third-order valence-electron chi connectivity index (χ3n) is 5.10. The lowest BCUT2D eigenvalue weighted by molar-refractivity contribution is 0.101. The first-order valence-electron chi connectivity index (χ1n) is 8.32. The molecule has 1 saturated heterocycles. The summed E-state index contributed by atoms with van der Waals surface area (Å²) in [6.45, 7) is 4.48. The van der Waals surface area contributed by atoms with Crippen LogP contribution in [-0.4, -0.2) is 25.5 Å². The van der Waals surface area contributed by atoms with Gasteiger partial charge >= 0.3 is 0 Å². The van der Waals surface area contributed by atoms with Gasteiger partial charge in [-0.3, -0.25) is 4.79 Å². The first-order valence-corrected chi connectivity index (χ1v) is 8.32. The number of para-hydroxylation sites is 1. The van der Waals surface area contributed by atoms with E-state index in [1.165, 1.54) is 5.56 Å². The summed E-state index contributed by atoms with van der Waals surface area (Å²) >= 11 is 0. The molecule has 0 amide bonds. The van der Waals surface area contributed by atoms with E-state index in [4.69, 9.17) is 4.74 Å². The number of carbonyl (C=O) groups is 1. The van der Waals surface area contributed by atoms with E-state index in [1.807, 2.05) is 18.2 Å². The molecular formula is C20H21NO2. The van der Waals surface area contributed by atoms with E-state index >= 15 is 0 Å². The van der Waals surface area contributed by atoms with Crippen molar-refractivity contribution in [2.24, 2.45) is 5.92 Å². The molecule has 0 unspecified atom stereocenters. The minimum atomic E-state index is 0.0925. The molecule has 2 aromatic carbocycles. The Hall–Kier alpha value is -2.13. The molecule has 1 fully saturated rings. The summed E-state index contributed by atoms with van der Waals surface area (Å²) < 4.78 is 6.16. The molecule has 0 bridgehead atoms. The minimum absolute atomic E-state index is 0.0925. The average molecular weight is 307 g/mol. The standard InChI is InChI=1S/C20H21NO2/c1-13(22)14-4-2-5-15(10-14)17-6-3-7-18-19-12-21-11-16(19)8-9-23-20(17)18/h2-7,10,16,19,21H,8-9,11-12H2,1H3/t16-,19-/m1/s1. The van der Waals surface area contributed by atoms with Crippen LogP contribution in [0.3, 0.4) is 0 Å². The summed E-state index contributed by atoms with van der Waals surface area (Å²) in [5.74, 6) is 2.29. The molecule has 23 heavy (non-hydrogen) atoms. The Labute approximate surface area is 136 Å². The summed E-state index contributed by atoms with van der Waals surface area (Å²) in [5, 5.41) is 3.52. The molecule has 2 aliphatic heterocycles. The molecular weight excluding hydrogens is 286 g/mol. The van der Waals surface area contributed by atoms with Crippen LogP contribution in [0.15, 0.2) is 42.5 Å². The van der Waals surface area contributed by atoms with E-state index in [-0.39, 0.29) is 5.78 Å². The number of ether oxygens (including phenoxy) is 1. The maximum absolute atomic E-state index is 11.7. The number of rotatable bonds is 2. The van der Waals surface area contributed by atoms with Gasteiger partial charge in [0.05, 0.1) is 6.61 Å². The van der Waals surface area contributed by atoms with E-state index in [0.29, 0.717) is 11.8 Å². The molecule has 0 saturated carbocycles. The molecule has 3 nitrogen and oxygen atoms in total. The largest absolute Gasteiger partial charge is 0.493 e. The predicted molar refractivity (Wildman–Crippen MR) is 91.1 cm³/mol. The molecule has 118 valence electrons. The van der Waals surface area contributed by atoms with E-state index in [2.05, 4.69) is 29.6 Å². The molecule has 1 N–H and O–H groups in total.